The summed E-state index contributed by atoms with van der Waals surface area (Å²) >= 11 is 8.28. The molecule has 0 radical (unpaired) electrons. The van der Waals surface area contributed by atoms with Gasteiger partial charge in [0, 0.05) is 11.3 Å². The van der Waals surface area contributed by atoms with Gasteiger partial charge < -0.3 is 4.57 Å². The highest BCUT2D eigenvalue weighted by molar-refractivity contribution is 9.12. The highest BCUT2D eigenvalue weighted by Crippen LogP contribution is 2.32. The van der Waals surface area contributed by atoms with Crippen molar-refractivity contribution in [2.45, 2.75) is 20.4 Å². The van der Waals surface area contributed by atoms with Crippen LogP contribution in [0.5, 0.6) is 0 Å². The van der Waals surface area contributed by atoms with Crippen molar-refractivity contribution in [2.75, 3.05) is 0 Å². The van der Waals surface area contributed by atoms with Crippen molar-refractivity contribution in [2.24, 2.45) is 0 Å². The maximum atomic E-state index is 12.1. The lowest BCUT2D eigenvalue weighted by Crippen LogP contribution is -2.10. The molecule has 0 aliphatic carbocycles. The summed E-state index contributed by atoms with van der Waals surface area (Å²) < 4.78 is 3.69. The first-order chi connectivity index (χ1) is 7.99. The molecule has 0 bridgehead atoms. The van der Waals surface area contributed by atoms with Gasteiger partial charge >= 0.3 is 0 Å². The molecule has 0 aliphatic heterocycles. The van der Waals surface area contributed by atoms with E-state index in [2.05, 4.69) is 36.8 Å². The molecule has 17 heavy (non-hydrogen) atoms. The zero-order valence-corrected chi connectivity index (χ0v) is 13.3. The molecule has 0 saturated carbocycles. The zero-order chi connectivity index (χ0) is 12.6. The summed E-state index contributed by atoms with van der Waals surface area (Å²) in [6, 6.07) is 1.84. The summed E-state index contributed by atoms with van der Waals surface area (Å²) in [5.41, 5.74) is 2.71. The minimum atomic E-state index is 0.0827. The van der Waals surface area contributed by atoms with E-state index in [-0.39, 0.29) is 5.78 Å². The lowest BCUT2D eigenvalue weighted by atomic mass is 10.2. The van der Waals surface area contributed by atoms with Gasteiger partial charge in [0.15, 0.2) is 5.78 Å². The molecule has 0 amide bonds. The van der Waals surface area contributed by atoms with Gasteiger partial charge in [-0.25, -0.2) is 4.98 Å². The average molecular weight is 378 g/mol. The summed E-state index contributed by atoms with van der Waals surface area (Å²) in [7, 11) is 0. The molecule has 90 valence electrons. The molecule has 0 spiro atoms. The van der Waals surface area contributed by atoms with Crippen LogP contribution in [0.4, 0.5) is 0 Å². The number of halogens is 2. The molecule has 2 aromatic heterocycles. The second-order valence-corrected chi connectivity index (χ2v) is 7.45. The number of aryl methyl sites for hydroxylation is 1. The fourth-order valence-electron chi connectivity index (χ4n) is 1.47. The first-order valence-corrected chi connectivity index (χ1v) is 7.35. The van der Waals surface area contributed by atoms with Gasteiger partial charge in [-0.3, -0.25) is 4.79 Å². The van der Waals surface area contributed by atoms with Gasteiger partial charge in [0.2, 0.25) is 0 Å². The third-order valence-corrected chi connectivity index (χ3v) is 4.96. The highest BCUT2D eigenvalue weighted by atomic mass is 79.9. The third kappa shape index (κ3) is 2.69. The van der Waals surface area contributed by atoms with Gasteiger partial charge in [0.05, 0.1) is 26.1 Å². The molecule has 0 saturated heterocycles. The maximum absolute atomic E-state index is 12.1. The van der Waals surface area contributed by atoms with Gasteiger partial charge in [-0.05, 0) is 51.8 Å². The van der Waals surface area contributed by atoms with Crippen molar-refractivity contribution in [3.05, 3.63) is 36.9 Å². The number of imidazole rings is 1. The van der Waals surface area contributed by atoms with E-state index < -0.39 is 0 Å². The molecular formula is C11H10Br2N2OS. The predicted octanol–water partition coefficient (Wildman–Crippen LogP) is 3.97. The summed E-state index contributed by atoms with van der Waals surface area (Å²) in [4.78, 5) is 16.3. The minimum Gasteiger partial charge on any atom is -0.327 e. The largest absolute Gasteiger partial charge is 0.327 e. The molecule has 0 fully saturated rings. The molecule has 0 atom stereocenters. The second kappa shape index (κ2) is 5.04. The lowest BCUT2D eigenvalue weighted by molar-refractivity contribution is 0.0971. The van der Waals surface area contributed by atoms with Crippen molar-refractivity contribution in [1.82, 2.24) is 9.55 Å². The van der Waals surface area contributed by atoms with Gasteiger partial charge in [0.1, 0.15) is 0 Å². The Kier molecular flexibility index (Phi) is 3.85. The van der Waals surface area contributed by atoms with Gasteiger partial charge in [-0.2, -0.15) is 0 Å². The van der Waals surface area contributed by atoms with Crippen LogP contribution < -0.4 is 0 Å². The molecular weight excluding hydrogens is 368 g/mol. The fourth-order valence-corrected chi connectivity index (χ4v) is 4.33. The first kappa shape index (κ1) is 13.0. The number of carbonyl (C=O) groups is 1. The van der Waals surface area contributed by atoms with Crippen molar-refractivity contribution < 1.29 is 4.79 Å². The van der Waals surface area contributed by atoms with Crippen LogP contribution >= 0.6 is 43.2 Å². The second-order valence-electron chi connectivity index (χ2n) is 3.70. The van der Waals surface area contributed by atoms with Crippen LogP contribution in [0.1, 0.15) is 21.7 Å². The van der Waals surface area contributed by atoms with Crippen LogP contribution in [0.2, 0.25) is 0 Å². The van der Waals surface area contributed by atoms with E-state index in [1.54, 1.807) is 6.33 Å². The number of rotatable bonds is 3. The fraction of sp³-hybridized carbons (Fsp3) is 0.273. The van der Waals surface area contributed by atoms with Crippen LogP contribution in [0.25, 0.3) is 0 Å². The Balaban J connectivity index is 2.23. The molecule has 2 rings (SSSR count). The summed E-state index contributed by atoms with van der Waals surface area (Å²) in [6.07, 6.45) is 1.71. The number of hydrogen-bond acceptors (Lipinski definition) is 3. The van der Waals surface area contributed by atoms with Crippen molar-refractivity contribution in [1.29, 1.82) is 0 Å². The van der Waals surface area contributed by atoms with E-state index >= 15 is 0 Å². The van der Waals surface area contributed by atoms with Crippen LogP contribution in [0, 0.1) is 13.8 Å². The smallest absolute Gasteiger partial charge is 0.184 e. The van der Waals surface area contributed by atoms with E-state index in [1.807, 2.05) is 24.5 Å². The topological polar surface area (TPSA) is 34.9 Å². The number of ketones is 1. The minimum absolute atomic E-state index is 0.0827. The summed E-state index contributed by atoms with van der Waals surface area (Å²) in [5, 5.41) is 0. The Morgan fingerprint density at radius 1 is 1.47 bits per heavy atom. The third-order valence-electron chi connectivity index (χ3n) is 2.62. The van der Waals surface area contributed by atoms with Crippen molar-refractivity contribution >= 4 is 49.0 Å². The standard InChI is InChI=1S/C11H10Br2N2OS/c1-6-7(2)15(5-14-6)4-9(16)8-3-10(12)17-11(8)13/h3,5H,4H2,1-2H3. The zero-order valence-electron chi connectivity index (χ0n) is 9.33. The Morgan fingerprint density at radius 2 is 2.18 bits per heavy atom. The van der Waals surface area contributed by atoms with Crippen LogP contribution in [0.15, 0.2) is 20.0 Å². The normalized spacial score (nSPS) is 10.8. The number of aromatic nitrogens is 2. The van der Waals surface area contributed by atoms with E-state index in [0.717, 1.165) is 19.0 Å². The van der Waals surface area contributed by atoms with E-state index in [9.17, 15) is 4.79 Å². The number of thiophene rings is 1. The Labute approximate surface area is 120 Å². The lowest BCUT2D eigenvalue weighted by Gasteiger charge is -2.03. The summed E-state index contributed by atoms with van der Waals surface area (Å²) in [5.74, 6) is 0.0827. The average Bonchev–Trinajstić information content (AvgIpc) is 2.75. The molecule has 0 aliphatic rings. The van der Waals surface area contributed by atoms with Crippen molar-refractivity contribution in [3.8, 4) is 0 Å². The molecule has 6 heteroatoms. The highest BCUT2D eigenvalue weighted by Gasteiger charge is 2.15. The molecule has 3 nitrogen and oxygen atoms in total. The molecule has 2 heterocycles. The Hall–Kier alpha value is -0.460. The Bertz CT molecular complexity index is 574. The maximum Gasteiger partial charge on any atom is 0.184 e. The summed E-state index contributed by atoms with van der Waals surface area (Å²) in [6.45, 7) is 4.23. The molecule has 0 N–H and O–H groups in total. The first-order valence-electron chi connectivity index (χ1n) is 4.95. The van der Waals surface area contributed by atoms with Crippen LogP contribution in [-0.4, -0.2) is 15.3 Å². The number of Topliss-reactive ketones (excluding diaryl/α,β-unsaturated/α-hetero) is 1. The number of nitrogens with zero attached hydrogens (tertiary/aromatic N) is 2. The molecule has 2 aromatic rings. The number of carbonyl (C=O) groups excluding carboxylic acids is 1. The van der Waals surface area contributed by atoms with Gasteiger partial charge in [0.25, 0.3) is 0 Å². The van der Waals surface area contributed by atoms with E-state index in [4.69, 9.17) is 0 Å². The monoisotopic (exact) mass is 376 g/mol. The van der Waals surface area contributed by atoms with Crippen LogP contribution in [0.3, 0.4) is 0 Å². The molecule has 0 unspecified atom stereocenters. The van der Waals surface area contributed by atoms with Crippen LogP contribution in [-0.2, 0) is 6.54 Å². The van der Waals surface area contributed by atoms with E-state index in [0.29, 0.717) is 12.1 Å². The van der Waals surface area contributed by atoms with Gasteiger partial charge in [-0.15, -0.1) is 11.3 Å². The van der Waals surface area contributed by atoms with Crippen molar-refractivity contribution in [3.63, 3.8) is 0 Å². The predicted molar refractivity (Wildman–Crippen MR) is 75.8 cm³/mol. The number of hydrogen-bond donors (Lipinski definition) is 0. The van der Waals surface area contributed by atoms with Gasteiger partial charge in [-0.1, -0.05) is 0 Å². The van der Waals surface area contributed by atoms with E-state index in [1.165, 1.54) is 11.3 Å². The SMILES string of the molecule is Cc1ncn(CC(=O)c2cc(Br)sc2Br)c1C. The Morgan fingerprint density at radius 3 is 2.65 bits per heavy atom. The molecule has 0 aromatic carbocycles. The quantitative estimate of drug-likeness (QED) is 0.758.